The number of rotatable bonds is 3. The van der Waals surface area contributed by atoms with Gasteiger partial charge in [0.15, 0.2) is 0 Å². The van der Waals surface area contributed by atoms with E-state index in [1.807, 2.05) is 4.72 Å². The molecule has 17 heavy (non-hydrogen) atoms. The number of alkyl halides is 4. The quantitative estimate of drug-likeness (QED) is 0.848. The second-order valence-corrected chi connectivity index (χ2v) is 6.27. The van der Waals surface area contributed by atoms with E-state index in [4.69, 9.17) is 11.6 Å². The van der Waals surface area contributed by atoms with E-state index < -0.39 is 27.0 Å². The fourth-order valence-electron chi connectivity index (χ4n) is 1.02. The van der Waals surface area contributed by atoms with Crippen LogP contribution in [-0.4, -0.2) is 13.6 Å². The molecule has 9 heteroatoms. The number of sulfonamides is 1. The largest absolute Gasteiger partial charge is 0.416 e. The van der Waals surface area contributed by atoms with Crippen molar-refractivity contribution in [2.75, 3.05) is 9.93 Å². The summed E-state index contributed by atoms with van der Waals surface area (Å²) in [5.41, 5.74) is -1.16. The summed E-state index contributed by atoms with van der Waals surface area (Å²) in [5.74, 6) is 0. The standard InChI is InChI=1S/C8H6BrClF3NO2S/c9-6-1-5(8(11,12)13)2-7(3-6)14-17(15,16)4-10/h1-3,14H,4H2. The van der Waals surface area contributed by atoms with Crippen molar-refractivity contribution in [1.29, 1.82) is 0 Å². The van der Waals surface area contributed by atoms with E-state index >= 15 is 0 Å². The number of nitrogens with one attached hydrogen (secondary N) is 1. The Balaban J connectivity index is 3.15. The normalized spacial score (nSPS) is 12.5. The second-order valence-electron chi connectivity index (χ2n) is 3.05. The first-order valence-corrected chi connectivity index (χ1v) is 7.06. The number of anilines is 1. The molecule has 3 nitrogen and oxygen atoms in total. The summed E-state index contributed by atoms with van der Waals surface area (Å²) >= 11 is 8.00. The lowest BCUT2D eigenvalue weighted by Gasteiger charge is -2.11. The van der Waals surface area contributed by atoms with Crippen LogP contribution in [0.5, 0.6) is 0 Å². The molecule has 1 aromatic rings. The van der Waals surface area contributed by atoms with Crippen LogP contribution in [0.3, 0.4) is 0 Å². The van der Waals surface area contributed by atoms with Gasteiger partial charge in [-0.15, -0.1) is 11.6 Å². The average molecular weight is 353 g/mol. The van der Waals surface area contributed by atoms with Crippen LogP contribution in [0.1, 0.15) is 5.56 Å². The molecule has 0 aromatic heterocycles. The maximum Gasteiger partial charge on any atom is 0.416 e. The van der Waals surface area contributed by atoms with Crippen molar-refractivity contribution in [3.05, 3.63) is 28.2 Å². The molecular weight excluding hydrogens is 347 g/mol. The molecule has 0 aliphatic rings. The van der Waals surface area contributed by atoms with Gasteiger partial charge >= 0.3 is 6.18 Å². The Hall–Kier alpha value is -0.470. The minimum atomic E-state index is -4.55. The summed E-state index contributed by atoms with van der Waals surface area (Å²) in [7, 11) is -3.82. The molecule has 0 atom stereocenters. The van der Waals surface area contributed by atoms with Crippen LogP contribution in [0.2, 0.25) is 0 Å². The molecule has 1 N–H and O–H groups in total. The lowest BCUT2D eigenvalue weighted by molar-refractivity contribution is -0.137. The van der Waals surface area contributed by atoms with Crippen molar-refractivity contribution in [3.63, 3.8) is 0 Å². The third-order valence-electron chi connectivity index (χ3n) is 1.64. The molecule has 0 saturated heterocycles. The fourth-order valence-corrected chi connectivity index (χ4v) is 2.21. The van der Waals surface area contributed by atoms with Gasteiger partial charge in [-0.25, -0.2) is 8.42 Å². The maximum atomic E-state index is 12.4. The van der Waals surface area contributed by atoms with Crippen molar-refractivity contribution < 1.29 is 21.6 Å². The van der Waals surface area contributed by atoms with Crippen molar-refractivity contribution in [2.45, 2.75) is 6.18 Å². The summed E-state index contributed by atoms with van der Waals surface area (Å²) in [5, 5.41) is -0.735. The van der Waals surface area contributed by atoms with Crippen LogP contribution >= 0.6 is 27.5 Å². The van der Waals surface area contributed by atoms with Gasteiger partial charge in [0, 0.05) is 4.47 Å². The molecular formula is C8H6BrClF3NO2S. The van der Waals surface area contributed by atoms with Crippen LogP contribution in [0.4, 0.5) is 18.9 Å². The molecule has 0 aliphatic heterocycles. The van der Waals surface area contributed by atoms with E-state index in [0.29, 0.717) is 6.07 Å². The predicted octanol–water partition coefficient (Wildman–Crippen LogP) is 3.41. The first-order valence-electron chi connectivity index (χ1n) is 4.08. The van der Waals surface area contributed by atoms with E-state index in [1.54, 1.807) is 0 Å². The van der Waals surface area contributed by atoms with E-state index in [9.17, 15) is 21.6 Å². The van der Waals surface area contributed by atoms with Gasteiger partial charge in [-0.2, -0.15) is 13.2 Å². The van der Waals surface area contributed by atoms with Crippen LogP contribution < -0.4 is 4.72 Å². The third kappa shape index (κ3) is 4.36. The van der Waals surface area contributed by atoms with Gasteiger partial charge in [0.25, 0.3) is 0 Å². The third-order valence-corrected chi connectivity index (χ3v) is 3.80. The minimum Gasteiger partial charge on any atom is -0.283 e. The maximum absolute atomic E-state index is 12.4. The highest BCUT2D eigenvalue weighted by Crippen LogP contribution is 2.33. The van der Waals surface area contributed by atoms with Crippen molar-refractivity contribution in [1.82, 2.24) is 0 Å². The molecule has 0 heterocycles. The van der Waals surface area contributed by atoms with Gasteiger partial charge in [-0.3, -0.25) is 4.72 Å². The molecule has 0 bridgehead atoms. The summed E-state index contributed by atoms with van der Waals surface area (Å²) in [6.07, 6.45) is -4.55. The van der Waals surface area contributed by atoms with Gasteiger partial charge in [0.05, 0.1) is 11.3 Å². The SMILES string of the molecule is O=S(=O)(CCl)Nc1cc(Br)cc(C(F)(F)F)c1. The summed E-state index contributed by atoms with van der Waals surface area (Å²) in [4.78, 5) is 0. The van der Waals surface area contributed by atoms with Gasteiger partial charge in [-0.05, 0) is 18.2 Å². The van der Waals surface area contributed by atoms with Crippen LogP contribution in [0.25, 0.3) is 0 Å². The molecule has 0 amide bonds. The van der Waals surface area contributed by atoms with E-state index in [1.165, 1.54) is 6.07 Å². The minimum absolute atomic E-state index is 0.111. The van der Waals surface area contributed by atoms with Crippen molar-refractivity contribution >= 4 is 43.2 Å². The molecule has 1 aromatic carbocycles. The van der Waals surface area contributed by atoms with Gasteiger partial charge < -0.3 is 0 Å². The van der Waals surface area contributed by atoms with Crippen LogP contribution in [0.15, 0.2) is 22.7 Å². The first-order chi connectivity index (χ1) is 7.64. The molecule has 0 radical (unpaired) electrons. The zero-order valence-electron chi connectivity index (χ0n) is 8.05. The first kappa shape index (κ1) is 14.6. The lowest BCUT2D eigenvalue weighted by Crippen LogP contribution is -2.14. The van der Waals surface area contributed by atoms with Gasteiger partial charge in [-0.1, -0.05) is 15.9 Å². The highest BCUT2D eigenvalue weighted by molar-refractivity contribution is 9.10. The van der Waals surface area contributed by atoms with Gasteiger partial charge in [0.1, 0.15) is 5.21 Å². The summed E-state index contributed by atoms with van der Waals surface area (Å²) < 4.78 is 61.6. The summed E-state index contributed by atoms with van der Waals surface area (Å²) in [6.45, 7) is 0. The highest BCUT2D eigenvalue weighted by atomic mass is 79.9. The van der Waals surface area contributed by atoms with Crippen LogP contribution in [0, 0.1) is 0 Å². The lowest BCUT2D eigenvalue weighted by atomic mass is 10.2. The monoisotopic (exact) mass is 351 g/mol. The summed E-state index contributed by atoms with van der Waals surface area (Å²) in [6, 6.07) is 2.74. The van der Waals surface area contributed by atoms with Crippen LogP contribution in [-0.2, 0) is 16.2 Å². The number of hydrogen-bond acceptors (Lipinski definition) is 2. The molecule has 0 saturated carbocycles. The number of benzene rings is 1. The van der Waals surface area contributed by atoms with E-state index in [-0.39, 0.29) is 10.2 Å². The Labute approximate surface area is 109 Å². The average Bonchev–Trinajstić information content (AvgIpc) is 2.14. The Bertz CT molecular complexity index is 518. The smallest absolute Gasteiger partial charge is 0.283 e. The Morgan fingerprint density at radius 2 is 1.88 bits per heavy atom. The Kier molecular flexibility index (Phi) is 4.32. The van der Waals surface area contributed by atoms with Crippen molar-refractivity contribution in [3.8, 4) is 0 Å². The second kappa shape index (κ2) is 5.03. The Morgan fingerprint density at radius 1 is 1.29 bits per heavy atom. The molecule has 1 rings (SSSR count). The zero-order valence-corrected chi connectivity index (χ0v) is 11.2. The zero-order chi connectivity index (χ0) is 13.3. The topological polar surface area (TPSA) is 46.2 Å². The molecule has 96 valence electrons. The predicted molar refractivity (Wildman–Crippen MR) is 62.4 cm³/mol. The molecule has 0 spiro atoms. The molecule has 0 unspecified atom stereocenters. The molecule has 0 aliphatic carbocycles. The van der Waals surface area contributed by atoms with Gasteiger partial charge in [0.2, 0.25) is 10.0 Å². The van der Waals surface area contributed by atoms with E-state index in [0.717, 1.165) is 6.07 Å². The molecule has 0 fully saturated rings. The highest BCUT2D eigenvalue weighted by Gasteiger charge is 2.31. The number of halogens is 5. The number of hydrogen-bond donors (Lipinski definition) is 1. The van der Waals surface area contributed by atoms with E-state index in [2.05, 4.69) is 15.9 Å². The Morgan fingerprint density at radius 3 is 2.35 bits per heavy atom. The van der Waals surface area contributed by atoms with Crippen molar-refractivity contribution in [2.24, 2.45) is 0 Å². The fraction of sp³-hybridized carbons (Fsp3) is 0.250.